The molecule has 0 radical (unpaired) electrons. The van der Waals surface area contributed by atoms with Crippen LogP contribution < -0.4 is 10.7 Å². The van der Waals surface area contributed by atoms with Crippen molar-refractivity contribution in [1.82, 2.24) is 0 Å². The second-order valence-electron chi connectivity index (χ2n) is 2.16. The first kappa shape index (κ1) is 7.68. The predicted octanol–water partition coefficient (Wildman–Crippen LogP) is 1.65. The highest BCUT2D eigenvalue weighted by Gasteiger charge is 1.98. The fourth-order valence-electron chi connectivity index (χ4n) is 0.823. The Morgan fingerprint density at radius 1 is 1.55 bits per heavy atom. The Balaban J connectivity index is 3.09. The van der Waals surface area contributed by atoms with Gasteiger partial charge in [-0.1, -0.05) is 0 Å². The minimum atomic E-state index is 0.378. The Bertz CT molecular complexity index is 273. The fourth-order valence-corrected chi connectivity index (χ4v) is 0.823. The van der Waals surface area contributed by atoms with Crippen molar-refractivity contribution in [3.8, 4) is 5.75 Å². The molecule has 1 aromatic rings. The van der Waals surface area contributed by atoms with E-state index in [4.69, 9.17) is 5.90 Å². The molecule has 0 unspecified atom stereocenters. The van der Waals surface area contributed by atoms with Gasteiger partial charge in [-0.15, -0.1) is 4.91 Å². The van der Waals surface area contributed by atoms with Crippen molar-refractivity contribution in [1.29, 1.82) is 0 Å². The molecule has 0 atom stereocenters. The van der Waals surface area contributed by atoms with Crippen molar-refractivity contribution in [2.24, 2.45) is 11.1 Å². The van der Waals surface area contributed by atoms with Crippen LogP contribution in [0.15, 0.2) is 23.4 Å². The topological polar surface area (TPSA) is 64.7 Å². The molecule has 0 saturated heterocycles. The standard InChI is InChI=1S/C7H8N2O2/c1-5-4-6(9-10)2-3-7(5)11-8/h2-4H,8H2,1H3. The number of aryl methyl sites for hydroxylation is 1. The van der Waals surface area contributed by atoms with Gasteiger partial charge in [-0.2, -0.15) is 5.90 Å². The SMILES string of the molecule is Cc1cc(N=O)ccc1ON. The summed E-state index contributed by atoms with van der Waals surface area (Å²) in [6.07, 6.45) is 0. The zero-order valence-electron chi connectivity index (χ0n) is 6.07. The van der Waals surface area contributed by atoms with E-state index in [1.807, 2.05) is 0 Å². The normalized spacial score (nSPS) is 9.27. The van der Waals surface area contributed by atoms with Crippen molar-refractivity contribution in [2.75, 3.05) is 0 Å². The van der Waals surface area contributed by atoms with Crippen molar-refractivity contribution < 1.29 is 4.84 Å². The van der Waals surface area contributed by atoms with Crippen molar-refractivity contribution in [3.05, 3.63) is 28.7 Å². The maximum absolute atomic E-state index is 10.0. The van der Waals surface area contributed by atoms with Crippen LogP contribution in [0.5, 0.6) is 5.75 Å². The van der Waals surface area contributed by atoms with Gasteiger partial charge in [-0.05, 0) is 35.9 Å². The van der Waals surface area contributed by atoms with Gasteiger partial charge in [-0.25, -0.2) is 0 Å². The van der Waals surface area contributed by atoms with Crippen LogP contribution in [0.2, 0.25) is 0 Å². The molecule has 0 fully saturated rings. The highest BCUT2D eigenvalue weighted by atomic mass is 16.6. The molecule has 0 aromatic heterocycles. The van der Waals surface area contributed by atoms with Gasteiger partial charge in [0.2, 0.25) is 0 Å². The number of hydrogen-bond donors (Lipinski definition) is 1. The molecular weight excluding hydrogens is 144 g/mol. The summed E-state index contributed by atoms with van der Waals surface area (Å²) in [7, 11) is 0. The molecule has 1 aromatic carbocycles. The maximum Gasteiger partial charge on any atom is 0.149 e. The number of nitroso groups, excluding NO2 is 1. The van der Waals surface area contributed by atoms with E-state index in [0.717, 1.165) is 5.56 Å². The molecule has 0 saturated carbocycles. The maximum atomic E-state index is 10.0. The minimum Gasteiger partial charge on any atom is -0.411 e. The third-order valence-electron chi connectivity index (χ3n) is 1.39. The molecule has 0 amide bonds. The van der Waals surface area contributed by atoms with Gasteiger partial charge in [0.25, 0.3) is 0 Å². The Kier molecular flexibility index (Phi) is 2.18. The van der Waals surface area contributed by atoms with Crippen molar-refractivity contribution >= 4 is 5.69 Å². The molecule has 11 heavy (non-hydrogen) atoms. The zero-order valence-corrected chi connectivity index (χ0v) is 6.07. The van der Waals surface area contributed by atoms with Gasteiger partial charge in [0, 0.05) is 0 Å². The molecule has 4 nitrogen and oxygen atoms in total. The van der Waals surface area contributed by atoms with Crippen LogP contribution >= 0.6 is 0 Å². The fraction of sp³-hybridized carbons (Fsp3) is 0.143. The average Bonchev–Trinajstić information content (AvgIpc) is 2.04. The molecule has 0 bridgehead atoms. The first-order chi connectivity index (χ1) is 5.27. The Labute approximate surface area is 63.9 Å². The smallest absolute Gasteiger partial charge is 0.149 e. The lowest BCUT2D eigenvalue weighted by Gasteiger charge is -2.01. The summed E-state index contributed by atoms with van der Waals surface area (Å²) < 4.78 is 0. The van der Waals surface area contributed by atoms with E-state index < -0.39 is 0 Å². The summed E-state index contributed by atoms with van der Waals surface area (Å²) in [6.45, 7) is 1.79. The molecule has 0 aliphatic heterocycles. The Hall–Kier alpha value is -1.42. The molecular formula is C7H8N2O2. The number of hydrogen-bond acceptors (Lipinski definition) is 4. The van der Waals surface area contributed by atoms with Crippen LogP contribution in [0.4, 0.5) is 5.69 Å². The van der Waals surface area contributed by atoms with Crippen LogP contribution in [-0.2, 0) is 0 Å². The van der Waals surface area contributed by atoms with E-state index in [2.05, 4.69) is 10.0 Å². The quantitative estimate of drug-likeness (QED) is 0.517. The summed E-state index contributed by atoms with van der Waals surface area (Å²) in [5, 5.41) is 2.76. The van der Waals surface area contributed by atoms with Gasteiger partial charge in [0.1, 0.15) is 11.4 Å². The summed E-state index contributed by atoms with van der Waals surface area (Å²) >= 11 is 0. The van der Waals surface area contributed by atoms with E-state index in [1.165, 1.54) is 0 Å². The van der Waals surface area contributed by atoms with Crippen LogP contribution in [0.1, 0.15) is 5.56 Å². The van der Waals surface area contributed by atoms with Crippen LogP contribution in [0.25, 0.3) is 0 Å². The van der Waals surface area contributed by atoms with E-state index in [0.29, 0.717) is 11.4 Å². The van der Waals surface area contributed by atoms with Gasteiger partial charge < -0.3 is 4.84 Å². The van der Waals surface area contributed by atoms with Crippen LogP contribution in [0.3, 0.4) is 0 Å². The summed E-state index contributed by atoms with van der Waals surface area (Å²) in [5.74, 6) is 5.49. The van der Waals surface area contributed by atoms with E-state index in [9.17, 15) is 4.91 Å². The molecule has 0 aliphatic rings. The zero-order chi connectivity index (χ0) is 8.27. The highest BCUT2D eigenvalue weighted by Crippen LogP contribution is 2.22. The second kappa shape index (κ2) is 3.12. The monoisotopic (exact) mass is 152 g/mol. The third kappa shape index (κ3) is 1.53. The first-order valence-corrected chi connectivity index (χ1v) is 3.08. The van der Waals surface area contributed by atoms with E-state index in [1.54, 1.807) is 25.1 Å². The molecule has 4 heteroatoms. The number of nitrogens with zero attached hydrogens (tertiary/aromatic N) is 1. The van der Waals surface area contributed by atoms with Crippen LogP contribution in [0, 0.1) is 11.8 Å². The summed E-state index contributed by atoms with van der Waals surface area (Å²) in [4.78, 5) is 14.5. The molecule has 58 valence electrons. The molecule has 0 aliphatic carbocycles. The lowest BCUT2D eigenvalue weighted by atomic mass is 10.2. The number of rotatable bonds is 2. The highest BCUT2D eigenvalue weighted by molar-refractivity contribution is 5.46. The lowest BCUT2D eigenvalue weighted by molar-refractivity contribution is 0.332. The van der Waals surface area contributed by atoms with Gasteiger partial charge in [0.15, 0.2) is 0 Å². The molecule has 0 heterocycles. The Morgan fingerprint density at radius 3 is 2.73 bits per heavy atom. The third-order valence-corrected chi connectivity index (χ3v) is 1.39. The van der Waals surface area contributed by atoms with Crippen molar-refractivity contribution in [2.45, 2.75) is 6.92 Å². The van der Waals surface area contributed by atoms with E-state index >= 15 is 0 Å². The molecule has 0 spiro atoms. The molecule has 1 rings (SSSR count). The van der Waals surface area contributed by atoms with Crippen LogP contribution in [-0.4, -0.2) is 0 Å². The summed E-state index contributed by atoms with van der Waals surface area (Å²) in [5.41, 5.74) is 1.17. The lowest BCUT2D eigenvalue weighted by Crippen LogP contribution is -2.02. The average molecular weight is 152 g/mol. The largest absolute Gasteiger partial charge is 0.411 e. The number of nitrogens with two attached hydrogens (primary N) is 1. The van der Waals surface area contributed by atoms with E-state index in [-0.39, 0.29) is 0 Å². The summed E-state index contributed by atoms with van der Waals surface area (Å²) in [6, 6.07) is 4.75. The van der Waals surface area contributed by atoms with Gasteiger partial charge in [0.05, 0.1) is 0 Å². The van der Waals surface area contributed by atoms with Gasteiger partial charge >= 0.3 is 0 Å². The van der Waals surface area contributed by atoms with Crippen molar-refractivity contribution in [3.63, 3.8) is 0 Å². The first-order valence-electron chi connectivity index (χ1n) is 3.08. The van der Waals surface area contributed by atoms with Gasteiger partial charge in [-0.3, -0.25) is 0 Å². The Morgan fingerprint density at radius 2 is 2.27 bits per heavy atom. The minimum absolute atomic E-state index is 0.378. The molecule has 2 N–H and O–H groups in total. The predicted molar refractivity (Wildman–Crippen MR) is 41.4 cm³/mol. The number of benzene rings is 1. The second-order valence-corrected chi connectivity index (χ2v) is 2.16.